The lowest BCUT2D eigenvalue weighted by molar-refractivity contribution is -0.00390. The van der Waals surface area contributed by atoms with Crippen molar-refractivity contribution in [2.75, 3.05) is 19.6 Å². The Morgan fingerprint density at radius 1 is 1.18 bits per heavy atom. The van der Waals surface area contributed by atoms with Crippen LogP contribution in [0, 0.1) is 24.5 Å². The fraction of sp³-hybridized carbons (Fsp3) is 0.524. The van der Waals surface area contributed by atoms with Crippen molar-refractivity contribution in [3.63, 3.8) is 0 Å². The first-order valence-corrected chi connectivity index (χ1v) is 9.95. The van der Waals surface area contributed by atoms with Crippen LogP contribution in [0.5, 0.6) is 0 Å². The number of aryl methyl sites for hydroxylation is 2. The zero-order chi connectivity index (χ0) is 19.6. The average molecular weight is 386 g/mol. The van der Waals surface area contributed by atoms with Gasteiger partial charge in [0.25, 0.3) is 5.91 Å². The van der Waals surface area contributed by atoms with E-state index in [9.17, 15) is 13.6 Å². The Bertz CT molecular complexity index is 934. The van der Waals surface area contributed by atoms with Gasteiger partial charge in [-0.2, -0.15) is 5.10 Å². The van der Waals surface area contributed by atoms with Crippen molar-refractivity contribution in [2.24, 2.45) is 13.0 Å². The Morgan fingerprint density at radius 2 is 1.93 bits per heavy atom. The van der Waals surface area contributed by atoms with Crippen molar-refractivity contribution in [3.8, 4) is 0 Å². The summed E-state index contributed by atoms with van der Waals surface area (Å²) in [6, 6.07) is 6.27. The van der Waals surface area contributed by atoms with Crippen molar-refractivity contribution in [1.29, 1.82) is 0 Å². The molecule has 4 aliphatic heterocycles. The molecule has 4 saturated heterocycles. The topological polar surface area (TPSA) is 41.4 Å². The van der Waals surface area contributed by atoms with Crippen LogP contribution in [0.2, 0.25) is 0 Å². The monoisotopic (exact) mass is 386 g/mol. The summed E-state index contributed by atoms with van der Waals surface area (Å²) in [6.45, 7) is 4.20. The first-order chi connectivity index (χ1) is 13.5. The lowest BCUT2D eigenvalue weighted by Gasteiger charge is -2.51. The van der Waals surface area contributed by atoms with E-state index in [1.165, 1.54) is 0 Å². The van der Waals surface area contributed by atoms with E-state index in [0.29, 0.717) is 23.7 Å². The molecule has 1 amide bonds. The molecule has 0 unspecified atom stereocenters. The summed E-state index contributed by atoms with van der Waals surface area (Å²) in [5, 5.41) is 4.31. The quantitative estimate of drug-likeness (QED) is 0.797. The summed E-state index contributed by atoms with van der Waals surface area (Å²) in [4.78, 5) is 17.7. The highest BCUT2D eigenvalue weighted by molar-refractivity contribution is 5.93. The van der Waals surface area contributed by atoms with Crippen LogP contribution in [0.25, 0.3) is 0 Å². The molecule has 7 heteroatoms. The summed E-state index contributed by atoms with van der Waals surface area (Å²) in [5.74, 6) is -1.47. The third-order valence-electron chi connectivity index (χ3n) is 6.86. The van der Waals surface area contributed by atoms with E-state index in [1.54, 1.807) is 29.9 Å². The summed E-state index contributed by atoms with van der Waals surface area (Å²) in [6.07, 6.45) is 2.10. The standard InChI is InChI=1S/C21H24F2N4O/c1-12-10-17(25(2)24-12)21(28)27-11-15(14-4-3-5-16(22)18(14)23)20-19(27)13-6-8-26(20)9-7-13/h3-5,10,13,15,19-20H,6-9,11H2,1-2H3/t15-,19+,20+/m0/s1. The number of rotatable bonds is 2. The van der Waals surface area contributed by atoms with Crippen LogP contribution in [-0.4, -0.2) is 57.2 Å². The van der Waals surface area contributed by atoms with Gasteiger partial charge < -0.3 is 4.90 Å². The molecule has 0 radical (unpaired) electrons. The van der Waals surface area contributed by atoms with Crippen LogP contribution < -0.4 is 0 Å². The number of piperidine rings is 3. The van der Waals surface area contributed by atoms with Crippen LogP contribution in [0.1, 0.15) is 40.5 Å². The van der Waals surface area contributed by atoms with Gasteiger partial charge in [-0.15, -0.1) is 0 Å². The van der Waals surface area contributed by atoms with E-state index in [0.717, 1.165) is 37.7 Å². The lowest BCUT2D eigenvalue weighted by Crippen LogP contribution is -2.60. The van der Waals surface area contributed by atoms with E-state index >= 15 is 0 Å². The number of fused-ring (bicyclic) bond motifs is 2. The number of hydrogen-bond acceptors (Lipinski definition) is 3. The SMILES string of the molecule is Cc1cc(C(=O)N2C[C@@H](c3cccc(F)c3F)[C@@H]3[C@H]2C2CCN3CC2)n(C)n1. The Morgan fingerprint density at radius 3 is 2.61 bits per heavy atom. The van der Waals surface area contributed by atoms with Crippen LogP contribution in [0.15, 0.2) is 24.3 Å². The smallest absolute Gasteiger partial charge is 0.272 e. The first-order valence-electron chi connectivity index (χ1n) is 9.95. The van der Waals surface area contributed by atoms with Crippen LogP contribution in [0.3, 0.4) is 0 Å². The highest BCUT2D eigenvalue weighted by Gasteiger charge is 2.55. The summed E-state index contributed by atoms with van der Waals surface area (Å²) < 4.78 is 30.2. The van der Waals surface area contributed by atoms with Gasteiger partial charge in [0, 0.05) is 25.6 Å². The van der Waals surface area contributed by atoms with E-state index in [4.69, 9.17) is 0 Å². The van der Waals surface area contributed by atoms with E-state index in [-0.39, 0.29) is 23.9 Å². The third-order valence-corrected chi connectivity index (χ3v) is 6.86. The minimum absolute atomic E-state index is 0.0397. The van der Waals surface area contributed by atoms with Gasteiger partial charge in [0.15, 0.2) is 11.6 Å². The van der Waals surface area contributed by atoms with Gasteiger partial charge >= 0.3 is 0 Å². The third kappa shape index (κ3) is 2.52. The van der Waals surface area contributed by atoms with E-state index in [1.807, 2.05) is 11.8 Å². The molecule has 4 fully saturated rings. The number of benzene rings is 1. The number of halogens is 2. The molecule has 3 atom stereocenters. The molecule has 148 valence electrons. The zero-order valence-corrected chi connectivity index (χ0v) is 16.1. The molecule has 0 spiro atoms. The largest absolute Gasteiger partial charge is 0.332 e. The van der Waals surface area contributed by atoms with Gasteiger partial charge in [0.2, 0.25) is 0 Å². The molecular formula is C21H24F2N4O. The van der Waals surface area contributed by atoms with Gasteiger partial charge in [-0.05, 0) is 56.5 Å². The minimum atomic E-state index is -0.822. The van der Waals surface area contributed by atoms with Gasteiger partial charge in [-0.3, -0.25) is 14.4 Å². The van der Waals surface area contributed by atoms with Gasteiger partial charge in [0.05, 0.1) is 11.7 Å². The molecule has 2 bridgehead atoms. The molecule has 2 aromatic rings. The molecule has 5 nitrogen and oxygen atoms in total. The normalized spacial score (nSPS) is 31.3. The minimum Gasteiger partial charge on any atom is -0.332 e. The maximum absolute atomic E-state index is 14.7. The van der Waals surface area contributed by atoms with Crippen molar-refractivity contribution in [2.45, 2.75) is 37.8 Å². The summed E-state index contributed by atoms with van der Waals surface area (Å²) in [5.41, 5.74) is 1.73. The number of amides is 1. The number of likely N-dealkylation sites (tertiary alicyclic amines) is 1. The fourth-order valence-corrected chi connectivity index (χ4v) is 5.69. The van der Waals surface area contributed by atoms with Gasteiger partial charge in [-0.1, -0.05) is 12.1 Å². The zero-order valence-electron chi connectivity index (χ0n) is 16.1. The maximum Gasteiger partial charge on any atom is 0.272 e. The number of carbonyl (C=O) groups is 1. The molecular weight excluding hydrogens is 362 g/mol. The van der Waals surface area contributed by atoms with E-state index < -0.39 is 11.6 Å². The van der Waals surface area contributed by atoms with Crippen LogP contribution in [-0.2, 0) is 7.05 Å². The second kappa shape index (κ2) is 6.37. The Balaban J connectivity index is 1.57. The Hall–Kier alpha value is -2.28. The number of nitrogens with zero attached hydrogens (tertiary/aromatic N) is 4. The summed E-state index contributed by atoms with van der Waals surface area (Å²) >= 11 is 0. The molecule has 1 aromatic heterocycles. The molecule has 6 rings (SSSR count). The average Bonchev–Trinajstić information content (AvgIpc) is 3.26. The molecule has 1 aromatic carbocycles. The van der Waals surface area contributed by atoms with Crippen molar-refractivity contribution >= 4 is 5.91 Å². The number of carbonyl (C=O) groups excluding carboxylic acids is 1. The Kier molecular flexibility index (Phi) is 4.05. The molecule has 5 heterocycles. The van der Waals surface area contributed by atoms with Gasteiger partial charge in [0.1, 0.15) is 5.69 Å². The number of aromatic nitrogens is 2. The summed E-state index contributed by atoms with van der Waals surface area (Å²) in [7, 11) is 1.77. The predicted molar refractivity (Wildman–Crippen MR) is 100.0 cm³/mol. The van der Waals surface area contributed by atoms with Crippen LogP contribution in [0.4, 0.5) is 8.78 Å². The maximum atomic E-state index is 14.7. The van der Waals surface area contributed by atoms with Gasteiger partial charge in [-0.25, -0.2) is 8.78 Å². The highest BCUT2D eigenvalue weighted by Crippen LogP contribution is 2.47. The van der Waals surface area contributed by atoms with Crippen LogP contribution >= 0.6 is 0 Å². The second-order valence-corrected chi connectivity index (χ2v) is 8.36. The van der Waals surface area contributed by atoms with Crippen molar-refractivity contribution < 1.29 is 13.6 Å². The molecule has 0 aliphatic carbocycles. The van der Waals surface area contributed by atoms with Crippen molar-refractivity contribution in [1.82, 2.24) is 19.6 Å². The molecule has 28 heavy (non-hydrogen) atoms. The predicted octanol–water partition coefficient (Wildman–Crippen LogP) is 2.71. The highest BCUT2D eigenvalue weighted by atomic mass is 19.2. The molecule has 0 N–H and O–H groups in total. The van der Waals surface area contributed by atoms with E-state index in [2.05, 4.69) is 10.00 Å². The Labute approximate surface area is 162 Å². The molecule has 0 saturated carbocycles. The lowest BCUT2D eigenvalue weighted by atomic mass is 9.75. The molecule has 4 aliphatic rings. The first kappa shape index (κ1) is 17.8. The second-order valence-electron chi connectivity index (χ2n) is 8.36. The van der Waals surface area contributed by atoms with Crippen molar-refractivity contribution in [3.05, 3.63) is 52.9 Å². The number of hydrogen-bond donors (Lipinski definition) is 0. The fourth-order valence-electron chi connectivity index (χ4n) is 5.69.